The van der Waals surface area contributed by atoms with E-state index in [-0.39, 0.29) is 15.8 Å². The van der Waals surface area contributed by atoms with Gasteiger partial charge in [-0.1, -0.05) is 256 Å². The fourth-order valence-corrected chi connectivity index (χ4v) is 12.1. The lowest BCUT2D eigenvalue weighted by Gasteiger charge is -2.18. The molecule has 322 valence electrons. The molecule has 9 rings (SSSR count). The average Bonchev–Trinajstić information content (AvgIpc) is 3.37. The summed E-state index contributed by atoms with van der Waals surface area (Å²) in [5.41, 5.74) is 5.32. The molecule has 0 fully saturated rings. The monoisotopic (exact) mass is 925 g/mol. The molecule has 0 aliphatic carbocycles. The fourth-order valence-electron chi connectivity index (χ4n) is 6.08. The Balaban J connectivity index is 0.000000155. The molecule has 0 spiro atoms. The number of benzene rings is 9. The molecule has 1 nitrogen and oxygen atoms in total. The van der Waals surface area contributed by atoms with Gasteiger partial charge in [-0.05, 0) is 104 Å². The first-order valence-corrected chi connectivity index (χ1v) is 28.4. The topological polar surface area (TPSA) is 26.0 Å². The Morgan fingerprint density at radius 3 is 0.781 bits per heavy atom. The maximum absolute atomic E-state index is 5.32. The molecule has 9 aromatic rings. The zero-order valence-corrected chi connectivity index (χ0v) is 41.2. The maximum atomic E-state index is 5.32. The van der Waals surface area contributed by atoms with E-state index in [0.717, 1.165) is 0 Å². The molecule has 0 saturated heterocycles. The summed E-state index contributed by atoms with van der Waals surface area (Å²) >= 11 is 3.44. The second-order valence-corrected chi connectivity index (χ2v) is 23.1. The first kappa shape index (κ1) is 49.9. The van der Waals surface area contributed by atoms with Crippen LogP contribution in [0.1, 0.15) is 0 Å². The lowest BCUT2D eigenvalue weighted by Crippen LogP contribution is -2.20. The van der Waals surface area contributed by atoms with Crippen molar-refractivity contribution in [3.8, 4) is 0 Å². The molecule has 9 aromatic carbocycles. The fraction of sp³-hybridized carbons (Fsp3) is 0.0690. The van der Waals surface area contributed by atoms with Gasteiger partial charge in [0, 0.05) is 20.6 Å². The Morgan fingerprint density at radius 1 is 0.297 bits per heavy atom. The van der Waals surface area contributed by atoms with E-state index in [9.17, 15) is 0 Å². The van der Waals surface area contributed by atoms with Crippen LogP contribution >= 0.6 is 47.3 Å². The van der Waals surface area contributed by atoms with Gasteiger partial charge in [-0.2, -0.15) is 0 Å². The minimum absolute atomic E-state index is 0.104. The van der Waals surface area contributed by atoms with Crippen molar-refractivity contribution in [2.45, 2.75) is 14.7 Å². The van der Waals surface area contributed by atoms with E-state index in [4.69, 9.17) is 5.73 Å². The zero-order chi connectivity index (χ0) is 44.9. The highest BCUT2D eigenvalue weighted by atomic mass is 32.2. The lowest BCUT2D eigenvalue weighted by molar-refractivity contribution is 1.37. The van der Waals surface area contributed by atoms with Crippen molar-refractivity contribution in [1.82, 2.24) is 0 Å². The third-order valence-corrected chi connectivity index (χ3v) is 17.0. The molecule has 0 aliphatic rings. The first-order valence-electron chi connectivity index (χ1n) is 21.2. The second-order valence-electron chi connectivity index (χ2n) is 14.2. The van der Waals surface area contributed by atoms with Crippen LogP contribution < -0.4 is 37.6 Å². The predicted octanol–water partition coefficient (Wildman–Crippen LogP) is 13.8. The molecule has 0 bridgehead atoms. The summed E-state index contributed by atoms with van der Waals surface area (Å²) in [6, 6.07) is 95.3. The molecule has 2 N–H and O–H groups in total. The number of nitrogens with two attached hydrogens (primary N) is 1. The zero-order valence-electron chi connectivity index (χ0n) is 36.9. The van der Waals surface area contributed by atoms with Gasteiger partial charge in [0.15, 0.2) is 0 Å². The van der Waals surface area contributed by atoms with Crippen molar-refractivity contribution >= 4 is 79.1 Å². The molecule has 0 amide bonds. The molecule has 0 saturated carbocycles. The summed E-state index contributed by atoms with van der Waals surface area (Å²) in [5.74, 6) is 0.657. The largest absolute Gasteiger partial charge is 0.322 e. The first-order chi connectivity index (χ1) is 31.5. The molecule has 64 heavy (non-hydrogen) atoms. The summed E-state index contributed by atoms with van der Waals surface area (Å²) in [6.07, 6.45) is 0. The van der Waals surface area contributed by atoms with E-state index < -0.39 is 7.92 Å². The molecule has 0 aliphatic heterocycles. The Kier molecular flexibility index (Phi) is 23.5. The number of hydrogen-bond acceptors (Lipinski definition) is 3. The minimum Gasteiger partial charge on any atom is -0.322 e. The van der Waals surface area contributed by atoms with Crippen LogP contribution in [0, 0.1) is 0 Å². The SMILES string of the molecule is CP(C)c1ccccc1.CP(c1ccccc1)c1ccccc1.NCSc1ccccc1.c1ccc(P(c2ccccc2)c2ccccc2)cc1.c1ccc(Sc2ccccc2)cc1. The maximum Gasteiger partial charge on any atom is 0.0440 e. The average molecular weight is 926 g/mol. The Morgan fingerprint density at radius 2 is 0.531 bits per heavy atom. The predicted molar refractivity (Wildman–Crippen MR) is 293 cm³/mol. The van der Waals surface area contributed by atoms with Gasteiger partial charge in [0.25, 0.3) is 0 Å². The summed E-state index contributed by atoms with van der Waals surface area (Å²) in [7, 11) is -0.512. The van der Waals surface area contributed by atoms with Crippen molar-refractivity contribution in [1.29, 1.82) is 0 Å². The van der Waals surface area contributed by atoms with Crippen LogP contribution in [0.15, 0.2) is 288 Å². The summed E-state index contributed by atoms with van der Waals surface area (Å²) in [4.78, 5) is 3.81. The van der Waals surface area contributed by atoms with E-state index in [0.29, 0.717) is 5.88 Å². The molecular weight excluding hydrogens is 868 g/mol. The lowest BCUT2D eigenvalue weighted by atomic mass is 10.4. The normalized spacial score (nSPS) is 10.2. The van der Waals surface area contributed by atoms with Crippen LogP contribution in [0.25, 0.3) is 0 Å². The summed E-state index contributed by atoms with van der Waals surface area (Å²) in [6.45, 7) is 6.84. The van der Waals surface area contributed by atoms with E-state index >= 15 is 0 Å². The quantitative estimate of drug-likeness (QED) is 0.0841. The molecule has 6 heteroatoms. The van der Waals surface area contributed by atoms with Crippen molar-refractivity contribution in [2.24, 2.45) is 5.73 Å². The highest BCUT2D eigenvalue weighted by molar-refractivity contribution is 7.99. The number of thioether (sulfide) groups is 1. The van der Waals surface area contributed by atoms with Gasteiger partial charge >= 0.3 is 0 Å². The van der Waals surface area contributed by atoms with E-state index in [1.54, 1.807) is 23.5 Å². The molecule has 0 aromatic heterocycles. The smallest absolute Gasteiger partial charge is 0.0440 e. The number of rotatable bonds is 10. The standard InChI is InChI=1S/C18H15P.C13H13P.C12H10S.C8H11P.C7H9NS/c1-4-10-16(11-5-1)19(17-12-6-2-7-13-17)18-14-8-3-9-15-18;1-14(12-8-4-2-5-9-12)13-10-6-3-7-11-13;1-3-7-11(8-4-1)13-12-9-5-2-6-10-12;1-9(2)8-6-4-3-5-7-8;8-6-9-7-4-2-1-3-5-7/h1-15H;2-11H,1H3;1-10H;3-7H,1-2H3;1-5H,6,8H2. The van der Waals surface area contributed by atoms with Gasteiger partial charge in [-0.15, -0.1) is 11.8 Å². The highest BCUT2D eigenvalue weighted by Gasteiger charge is 2.15. The number of hydrogen-bond donors (Lipinski definition) is 1. The van der Waals surface area contributed by atoms with Gasteiger partial charge in [-0.25, -0.2) is 0 Å². The van der Waals surface area contributed by atoms with Gasteiger partial charge in [0.1, 0.15) is 0 Å². The van der Waals surface area contributed by atoms with Gasteiger partial charge in [0.2, 0.25) is 0 Å². The Bertz CT molecular complexity index is 2320. The Labute approximate surface area is 395 Å². The second kappa shape index (κ2) is 30.1. The minimum atomic E-state index is -0.446. The van der Waals surface area contributed by atoms with Crippen LogP contribution in [0.3, 0.4) is 0 Å². The van der Waals surface area contributed by atoms with Crippen molar-refractivity contribution in [3.63, 3.8) is 0 Å². The molecule has 0 radical (unpaired) electrons. The molecular formula is C58H58NP3S2. The molecule has 0 unspecified atom stereocenters. The van der Waals surface area contributed by atoms with E-state index in [1.807, 2.05) is 30.3 Å². The van der Waals surface area contributed by atoms with Crippen LogP contribution in [-0.4, -0.2) is 25.9 Å². The molecule has 0 heterocycles. The van der Waals surface area contributed by atoms with E-state index in [2.05, 4.69) is 263 Å². The van der Waals surface area contributed by atoms with Crippen molar-refractivity contribution in [3.05, 3.63) is 273 Å². The van der Waals surface area contributed by atoms with Crippen LogP contribution in [0.4, 0.5) is 0 Å². The molecule has 0 atom stereocenters. The van der Waals surface area contributed by atoms with Gasteiger partial charge in [-0.3, -0.25) is 0 Å². The van der Waals surface area contributed by atoms with Crippen LogP contribution in [-0.2, 0) is 0 Å². The third kappa shape index (κ3) is 18.6. The van der Waals surface area contributed by atoms with Crippen molar-refractivity contribution < 1.29 is 0 Å². The third-order valence-electron chi connectivity index (χ3n) is 9.32. The van der Waals surface area contributed by atoms with E-state index in [1.165, 1.54) is 46.5 Å². The van der Waals surface area contributed by atoms with Crippen LogP contribution in [0.5, 0.6) is 0 Å². The summed E-state index contributed by atoms with van der Waals surface area (Å²) < 4.78 is 0. The van der Waals surface area contributed by atoms with Gasteiger partial charge < -0.3 is 5.73 Å². The summed E-state index contributed by atoms with van der Waals surface area (Å²) in [5, 5.41) is 8.55. The van der Waals surface area contributed by atoms with Crippen LogP contribution in [0.2, 0.25) is 0 Å². The highest BCUT2D eigenvalue weighted by Crippen LogP contribution is 2.32. The van der Waals surface area contributed by atoms with Crippen molar-refractivity contribution in [2.75, 3.05) is 25.9 Å². The van der Waals surface area contributed by atoms with Gasteiger partial charge in [0.05, 0.1) is 0 Å². The Hall–Kier alpha value is -5.07.